The molecule has 1 fully saturated rings. The van der Waals surface area contributed by atoms with Gasteiger partial charge in [-0.05, 0) is 32.3 Å². The minimum absolute atomic E-state index is 0.0426. The van der Waals surface area contributed by atoms with Crippen molar-refractivity contribution in [2.45, 2.75) is 31.7 Å². The second-order valence-electron chi connectivity index (χ2n) is 4.60. The zero-order valence-corrected chi connectivity index (χ0v) is 9.75. The number of H-pyrrole nitrogens is 1. The lowest BCUT2D eigenvalue weighted by atomic mass is 9.77. The Morgan fingerprint density at radius 2 is 2.24 bits per heavy atom. The molecular formula is C12H16N2O3. The number of aromatic amines is 1. The first-order valence-corrected chi connectivity index (χ1v) is 5.69. The summed E-state index contributed by atoms with van der Waals surface area (Å²) in [5, 5.41) is 12.1. The largest absolute Gasteiger partial charge is 0.394 e. The quantitative estimate of drug-likeness (QED) is 0.678. The lowest BCUT2D eigenvalue weighted by Gasteiger charge is -2.40. The highest BCUT2D eigenvalue weighted by atomic mass is 16.3. The van der Waals surface area contributed by atoms with Crippen molar-refractivity contribution in [2.75, 3.05) is 6.61 Å². The number of hydrogen-bond acceptors (Lipinski definition) is 3. The van der Waals surface area contributed by atoms with Gasteiger partial charge in [-0.3, -0.25) is 9.59 Å². The molecule has 5 heteroatoms. The third kappa shape index (κ3) is 2.24. The standard InChI is InChI=1S/C12H16N2O3/c1-8(16)9-5-10(13-6-9)11(17)14-12(7-15)3-2-4-12/h5-6,13,15H,2-4,7H2,1H3,(H,14,17). The van der Waals surface area contributed by atoms with Gasteiger partial charge in [0.15, 0.2) is 5.78 Å². The molecule has 0 spiro atoms. The molecule has 1 aliphatic rings. The number of amides is 1. The Balaban J connectivity index is 2.06. The molecule has 0 atom stereocenters. The predicted molar refractivity (Wildman–Crippen MR) is 61.9 cm³/mol. The van der Waals surface area contributed by atoms with Crippen LogP contribution in [0.1, 0.15) is 47.0 Å². The maximum Gasteiger partial charge on any atom is 0.268 e. The molecule has 1 aliphatic carbocycles. The van der Waals surface area contributed by atoms with Gasteiger partial charge in [-0.25, -0.2) is 0 Å². The van der Waals surface area contributed by atoms with E-state index in [1.807, 2.05) is 0 Å². The van der Waals surface area contributed by atoms with Crippen LogP contribution in [0, 0.1) is 0 Å². The van der Waals surface area contributed by atoms with Crippen LogP contribution in [0.3, 0.4) is 0 Å². The van der Waals surface area contributed by atoms with Crippen LogP contribution in [-0.2, 0) is 0 Å². The van der Waals surface area contributed by atoms with E-state index in [9.17, 15) is 14.7 Å². The van der Waals surface area contributed by atoms with E-state index in [2.05, 4.69) is 10.3 Å². The summed E-state index contributed by atoms with van der Waals surface area (Å²) in [5.74, 6) is -0.355. The van der Waals surface area contributed by atoms with Crippen LogP contribution in [-0.4, -0.2) is 33.9 Å². The zero-order chi connectivity index (χ0) is 12.5. The maximum atomic E-state index is 11.9. The van der Waals surface area contributed by atoms with Gasteiger partial charge in [0.25, 0.3) is 5.91 Å². The Morgan fingerprint density at radius 3 is 2.65 bits per heavy atom. The average molecular weight is 236 g/mol. The predicted octanol–water partition coefficient (Wildman–Crippen LogP) is 0.862. The van der Waals surface area contributed by atoms with Crippen molar-refractivity contribution in [1.29, 1.82) is 0 Å². The summed E-state index contributed by atoms with van der Waals surface area (Å²) in [6.07, 6.45) is 4.14. The SMILES string of the molecule is CC(=O)c1c[nH]c(C(=O)NC2(CO)CCC2)c1. The van der Waals surface area contributed by atoms with Gasteiger partial charge in [0.1, 0.15) is 5.69 Å². The summed E-state index contributed by atoms with van der Waals surface area (Å²) in [6, 6.07) is 1.53. The summed E-state index contributed by atoms with van der Waals surface area (Å²) < 4.78 is 0. The summed E-state index contributed by atoms with van der Waals surface area (Å²) in [7, 11) is 0. The number of aliphatic hydroxyl groups is 1. The summed E-state index contributed by atoms with van der Waals surface area (Å²) >= 11 is 0. The van der Waals surface area contributed by atoms with E-state index >= 15 is 0 Å². The number of nitrogens with one attached hydrogen (secondary N) is 2. The van der Waals surface area contributed by atoms with Crippen LogP contribution in [0.25, 0.3) is 0 Å². The van der Waals surface area contributed by atoms with Crippen LogP contribution >= 0.6 is 0 Å². The fourth-order valence-electron chi connectivity index (χ4n) is 1.96. The fraction of sp³-hybridized carbons (Fsp3) is 0.500. The number of carbonyl (C=O) groups is 2. The molecule has 1 heterocycles. The number of rotatable bonds is 4. The fourth-order valence-corrected chi connectivity index (χ4v) is 1.96. The summed E-state index contributed by atoms with van der Waals surface area (Å²) in [4.78, 5) is 25.7. The molecule has 0 radical (unpaired) electrons. The maximum absolute atomic E-state index is 11.9. The van der Waals surface area contributed by atoms with Crippen LogP contribution in [0.5, 0.6) is 0 Å². The molecule has 1 aromatic rings. The van der Waals surface area contributed by atoms with Crippen molar-refractivity contribution in [1.82, 2.24) is 10.3 Å². The smallest absolute Gasteiger partial charge is 0.268 e. The average Bonchev–Trinajstić information content (AvgIpc) is 2.72. The van der Waals surface area contributed by atoms with Gasteiger partial charge in [0, 0.05) is 11.8 Å². The third-order valence-corrected chi connectivity index (χ3v) is 3.33. The highest BCUT2D eigenvalue weighted by Gasteiger charge is 2.38. The minimum Gasteiger partial charge on any atom is -0.394 e. The molecule has 0 aliphatic heterocycles. The van der Waals surface area contributed by atoms with Crippen LogP contribution in [0.15, 0.2) is 12.3 Å². The van der Waals surface area contributed by atoms with Gasteiger partial charge in [-0.15, -0.1) is 0 Å². The van der Waals surface area contributed by atoms with E-state index in [0.717, 1.165) is 19.3 Å². The number of Topliss-reactive ketones (excluding diaryl/α,β-unsaturated/α-hetero) is 1. The Hall–Kier alpha value is -1.62. The molecule has 5 nitrogen and oxygen atoms in total. The highest BCUT2D eigenvalue weighted by Crippen LogP contribution is 2.31. The van der Waals surface area contributed by atoms with E-state index < -0.39 is 5.54 Å². The Bertz CT molecular complexity index is 441. The number of ketones is 1. The van der Waals surface area contributed by atoms with Crippen molar-refractivity contribution < 1.29 is 14.7 Å². The van der Waals surface area contributed by atoms with E-state index in [1.54, 1.807) is 0 Å². The number of aromatic nitrogens is 1. The van der Waals surface area contributed by atoms with Crippen molar-refractivity contribution in [2.24, 2.45) is 0 Å². The molecular weight excluding hydrogens is 220 g/mol. The number of carbonyl (C=O) groups excluding carboxylic acids is 2. The summed E-state index contributed by atoms with van der Waals surface area (Å²) in [5.41, 5.74) is 0.384. The second kappa shape index (κ2) is 4.33. The molecule has 0 saturated heterocycles. The molecule has 0 unspecified atom stereocenters. The molecule has 0 aromatic carbocycles. The van der Waals surface area contributed by atoms with Gasteiger partial charge >= 0.3 is 0 Å². The summed E-state index contributed by atoms with van der Waals surface area (Å²) in [6.45, 7) is 1.41. The van der Waals surface area contributed by atoms with Gasteiger partial charge in [0.2, 0.25) is 0 Å². The van der Waals surface area contributed by atoms with Crippen molar-refractivity contribution in [3.05, 3.63) is 23.5 Å². The Kier molecular flexibility index (Phi) is 3.02. The van der Waals surface area contributed by atoms with Crippen LogP contribution < -0.4 is 5.32 Å². The van der Waals surface area contributed by atoms with Gasteiger partial charge in [-0.2, -0.15) is 0 Å². The zero-order valence-electron chi connectivity index (χ0n) is 9.75. The Morgan fingerprint density at radius 1 is 1.53 bits per heavy atom. The first kappa shape index (κ1) is 11.9. The van der Waals surface area contributed by atoms with Crippen molar-refractivity contribution in [3.8, 4) is 0 Å². The third-order valence-electron chi connectivity index (χ3n) is 3.33. The molecule has 3 N–H and O–H groups in total. The Labute approximate surface area is 99.2 Å². The molecule has 1 saturated carbocycles. The number of aliphatic hydroxyl groups excluding tert-OH is 1. The van der Waals surface area contributed by atoms with Crippen LogP contribution in [0.2, 0.25) is 0 Å². The second-order valence-corrected chi connectivity index (χ2v) is 4.60. The molecule has 92 valence electrons. The molecule has 1 amide bonds. The van der Waals surface area contributed by atoms with E-state index in [4.69, 9.17) is 0 Å². The highest BCUT2D eigenvalue weighted by molar-refractivity contribution is 5.99. The topological polar surface area (TPSA) is 82.2 Å². The van der Waals surface area contributed by atoms with Crippen molar-refractivity contribution >= 4 is 11.7 Å². The lowest BCUT2D eigenvalue weighted by Crippen LogP contribution is -2.56. The first-order valence-electron chi connectivity index (χ1n) is 5.69. The van der Waals surface area contributed by atoms with Crippen molar-refractivity contribution in [3.63, 3.8) is 0 Å². The van der Waals surface area contributed by atoms with Crippen LogP contribution in [0.4, 0.5) is 0 Å². The van der Waals surface area contributed by atoms with Gasteiger partial charge in [-0.1, -0.05) is 0 Å². The molecule has 1 aromatic heterocycles. The first-order chi connectivity index (χ1) is 8.06. The van der Waals surface area contributed by atoms with E-state index in [-0.39, 0.29) is 18.3 Å². The lowest BCUT2D eigenvalue weighted by molar-refractivity contribution is 0.0638. The molecule has 17 heavy (non-hydrogen) atoms. The van der Waals surface area contributed by atoms with E-state index in [1.165, 1.54) is 19.2 Å². The molecule has 0 bridgehead atoms. The van der Waals surface area contributed by atoms with Gasteiger partial charge < -0.3 is 15.4 Å². The monoisotopic (exact) mass is 236 g/mol. The molecule has 2 rings (SSSR count). The minimum atomic E-state index is -0.460. The normalized spacial score (nSPS) is 17.3. The number of hydrogen-bond donors (Lipinski definition) is 3. The van der Waals surface area contributed by atoms with Gasteiger partial charge in [0.05, 0.1) is 12.1 Å². The van der Waals surface area contributed by atoms with E-state index in [0.29, 0.717) is 11.3 Å².